The van der Waals surface area contributed by atoms with Gasteiger partial charge in [0.2, 0.25) is 0 Å². The molecule has 0 aliphatic rings. The Morgan fingerprint density at radius 3 is 1.89 bits per heavy atom. The van der Waals surface area contributed by atoms with Crippen LogP contribution in [0.4, 0.5) is 8.78 Å². The lowest BCUT2D eigenvalue weighted by atomic mass is 9.98. The first-order valence-corrected chi connectivity index (χ1v) is 6.45. The average molecular weight is 261 g/mol. The zero-order valence-electron chi connectivity index (χ0n) is 10.9. The number of hydrogen-bond donors (Lipinski definition) is 1. The Labute approximate surface area is 112 Å². The Bertz CT molecular complexity index is 494. The molecule has 0 aliphatic heterocycles. The molecule has 0 saturated heterocycles. The summed E-state index contributed by atoms with van der Waals surface area (Å²) in [7, 11) is 0. The monoisotopic (exact) mass is 261 g/mol. The van der Waals surface area contributed by atoms with Crippen molar-refractivity contribution in [3.8, 4) is 0 Å². The molecule has 0 bridgehead atoms. The van der Waals surface area contributed by atoms with Gasteiger partial charge < -0.3 is 5.32 Å². The molecule has 1 nitrogen and oxygen atoms in total. The lowest BCUT2D eigenvalue weighted by Crippen LogP contribution is -2.23. The second kappa shape index (κ2) is 6.43. The van der Waals surface area contributed by atoms with Crippen molar-refractivity contribution in [2.45, 2.75) is 19.4 Å². The van der Waals surface area contributed by atoms with Gasteiger partial charge in [0.05, 0.1) is 6.04 Å². The van der Waals surface area contributed by atoms with Crippen molar-refractivity contribution >= 4 is 0 Å². The Morgan fingerprint density at radius 1 is 0.947 bits per heavy atom. The maximum absolute atomic E-state index is 13.3. The van der Waals surface area contributed by atoms with Gasteiger partial charge in [-0.3, -0.25) is 0 Å². The van der Waals surface area contributed by atoms with E-state index in [-0.39, 0.29) is 17.7 Å². The Morgan fingerprint density at radius 2 is 1.47 bits per heavy atom. The van der Waals surface area contributed by atoms with Gasteiger partial charge in [0.1, 0.15) is 11.6 Å². The highest BCUT2D eigenvalue weighted by Crippen LogP contribution is 2.23. The van der Waals surface area contributed by atoms with Crippen LogP contribution in [0.5, 0.6) is 0 Å². The van der Waals surface area contributed by atoms with E-state index < -0.39 is 0 Å². The van der Waals surface area contributed by atoms with Gasteiger partial charge in [0.15, 0.2) is 0 Å². The van der Waals surface area contributed by atoms with Crippen LogP contribution in [-0.2, 0) is 0 Å². The predicted molar refractivity (Wildman–Crippen MR) is 72.9 cm³/mol. The normalized spacial score (nSPS) is 10.9. The molecule has 0 spiro atoms. The molecule has 0 atom stereocenters. The summed E-state index contributed by atoms with van der Waals surface area (Å²) in [5.41, 5.74) is 1.61. The molecule has 0 heterocycles. The van der Waals surface area contributed by atoms with Gasteiger partial charge in [0, 0.05) is 0 Å². The minimum atomic E-state index is -0.280. The summed E-state index contributed by atoms with van der Waals surface area (Å²) < 4.78 is 26.7. The fraction of sp³-hybridized carbons (Fsp3) is 0.250. The molecule has 1 N–H and O–H groups in total. The SMILES string of the molecule is CCCNC(c1cccc(F)c1)c1cccc(F)c1. The first-order valence-electron chi connectivity index (χ1n) is 6.45. The summed E-state index contributed by atoms with van der Waals surface area (Å²) in [6.45, 7) is 2.85. The fourth-order valence-electron chi connectivity index (χ4n) is 2.09. The Hall–Kier alpha value is -1.74. The predicted octanol–water partition coefficient (Wildman–Crippen LogP) is 4.05. The molecule has 0 amide bonds. The van der Waals surface area contributed by atoms with E-state index in [1.165, 1.54) is 24.3 Å². The highest BCUT2D eigenvalue weighted by Gasteiger charge is 2.14. The molecular formula is C16H17F2N. The number of benzene rings is 2. The van der Waals surface area contributed by atoms with Gasteiger partial charge in [-0.1, -0.05) is 31.2 Å². The van der Waals surface area contributed by atoms with E-state index in [4.69, 9.17) is 0 Å². The van der Waals surface area contributed by atoms with Crippen molar-refractivity contribution in [3.05, 3.63) is 71.3 Å². The highest BCUT2D eigenvalue weighted by atomic mass is 19.1. The minimum absolute atomic E-state index is 0.189. The molecule has 3 heteroatoms. The highest BCUT2D eigenvalue weighted by molar-refractivity contribution is 5.32. The number of rotatable bonds is 5. The van der Waals surface area contributed by atoms with E-state index in [2.05, 4.69) is 12.2 Å². The van der Waals surface area contributed by atoms with E-state index in [1.807, 2.05) is 12.1 Å². The zero-order valence-corrected chi connectivity index (χ0v) is 10.9. The quantitative estimate of drug-likeness (QED) is 0.856. The molecule has 0 saturated carbocycles. The molecule has 19 heavy (non-hydrogen) atoms. The number of hydrogen-bond acceptors (Lipinski definition) is 1. The maximum Gasteiger partial charge on any atom is 0.123 e. The number of halogens is 2. The average Bonchev–Trinajstić information content (AvgIpc) is 2.39. The summed E-state index contributed by atoms with van der Waals surface area (Å²) in [6.07, 6.45) is 0.959. The van der Waals surface area contributed by atoms with Crippen LogP contribution in [0.2, 0.25) is 0 Å². The van der Waals surface area contributed by atoms with E-state index in [1.54, 1.807) is 12.1 Å². The van der Waals surface area contributed by atoms with E-state index >= 15 is 0 Å². The lowest BCUT2D eigenvalue weighted by molar-refractivity contribution is 0.577. The molecule has 0 aromatic heterocycles. The van der Waals surface area contributed by atoms with Crippen molar-refractivity contribution < 1.29 is 8.78 Å². The number of nitrogens with one attached hydrogen (secondary N) is 1. The van der Waals surface area contributed by atoms with Crippen molar-refractivity contribution in [2.24, 2.45) is 0 Å². The first-order chi connectivity index (χ1) is 9.20. The molecule has 0 unspecified atom stereocenters. The van der Waals surface area contributed by atoms with Gasteiger partial charge in [-0.2, -0.15) is 0 Å². The van der Waals surface area contributed by atoms with Crippen LogP contribution in [0.15, 0.2) is 48.5 Å². The van der Waals surface area contributed by atoms with Crippen LogP contribution >= 0.6 is 0 Å². The summed E-state index contributed by atoms with van der Waals surface area (Å²) in [5.74, 6) is -0.561. The zero-order chi connectivity index (χ0) is 13.7. The summed E-state index contributed by atoms with van der Waals surface area (Å²) in [6, 6.07) is 12.6. The summed E-state index contributed by atoms with van der Waals surface area (Å²) in [5, 5.41) is 3.32. The topological polar surface area (TPSA) is 12.0 Å². The van der Waals surface area contributed by atoms with Gasteiger partial charge in [-0.15, -0.1) is 0 Å². The van der Waals surface area contributed by atoms with Crippen LogP contribution in [0.3, 0.4) is 0 Å². The molecule has 2 aromatic carbocycles. The van der Waals surface area contributed by atoms with E-state index in [9.17, 15) is 8.78 Å². The molecular weight excluding hydrogens is 244 g/mol. The molecule has 0 radical (unpaired) electrons. The van der Waals surface area contributed by atoms with Crippen molar-refractivity contribution in [2.75, 3.05) is 6.54 Å². The van der Waals surface area contributed by atoms with Crippen LogP contribution < -0.4 is 5.32 Å². The smallest absolute Gasteiger partial charge is 0.123 e. The van der Waals surface area contributed by atoms with E-state index in [0.717, 1.165) is 24.1 Å². The second-order valence-corrected chi connectivity index (χ2v) is 4.50. The summed E-state index contributed by atoms with van der Waals surface area (Å²) in [4.78, 5) is 0. The third-order valence-corrected chi connectivity index (χ3v) is 2.96. The van der Waals surface area contributed by atoms with Gasteiger partial charge >= 0.3 is 0 Å². The summed E-state index contributed by atoms with van der Waals surface area (Å²) >= 11 is 0. The molecule has 2 aromatic rings. The molecule has 100 valence electrons. The third-order valence-electron chi connectivity index (χ3n) is 2.96. The van der Waals surface area contributed by atoms with Crippen LogP contribution in [0.1, 0.15) is 30.5 Å². The molecule has 2 rings (SSSR count). The van der Waals surface area contributed by atoms with Crippen molar-refractivity contribution in [1.82, 2.24) is 5.32 Å². The van der Waals surface area contributed by atoms with Crippen molar-refractivity contribution in [1.29, 1.82) is 0 Å². The van der Waals surface area contributed by atoms with E-state index in [0.29, 0.717) is 0 Å². The van der Waals surface area contributed by atoms with Crippen LogP contribution in [0, 0.1) is 11.6 Å². The maximum atomic E-state index is 13.3. The Kier molecular flexibility index (Phi) is 4.63. The fourth-order valence-corrected chi connectivity index (χ4v) is 2.09. The van der Waals surface area contributed by atoms with Gasteiger partial charge in [-0.05, 0) is 48.4 Å². The lowest BCUT2D eigenvalue weighted by Gasteiger charge is -2.19. The standard InChI is InChI=1S/C16H17F2N/c1-2-9-19-16(12-5-3-7-14(17)10-12)13-6-4-8-15(18)11-13/h3-8,10-11,16,19H,2,9H2,1H3. The van der Waals surface area contributed by atoms with Gasteiger partial charge in [-0.25, -0.2) is 8.78 Å². The minimum Gasteiger partial charge on any atom is -0.306 e. The second-order valence-electron chi connectivity index (χ2n) is 4.50. The Balaban J connectivity index is 2.35. The van der Waals surface area contributed by atoms with Crippen LogP contribution in [0.25, 0.3) is 0 Å². The van der Waals surface area contributed by atoms with Crippen LogP contribution in [-0.4, -0.2) is 6.54 Å². The molecule has 0 fully saturated rings. The third kappa shape index (κ3) is 3.61. The largest absolute Gasteiger partial charge is 0.306 e. The van der Waals surface area contributed by atoms with Gasteiger partial charge in [0.25, 0.3) is 0 Å². The first kappa shape index (κ1) is 13.7. The molecule has 0 aliphatic carbocycles. The van der Waals surface area contributed by atoms with Crippen molar-refractivity contribution in [3.63, 3.8) is 0 Å².